The molecule has 0 bridgehead atoms. The number of esters is 1. The first-order valence-corrected chi connectivity index (χ1v) is 6.76. The topological polar surface area (TPSA) is 46.6 Å². The van der Waals surface area contributed by atoms with Crippen LogP contribution in [0.2, 0.25) is 0 Å². The average molecular weight is 283 g/mol. The van der Waals surface area contributed by atoms with Gasteiger partial charge in [-0.3, -0.25) is 4.79 Å². The summed E-state index contributed by atoms with van der Waals surface area (Å²) in [5, 5.41) is 0. The number of rotatable bonds is 5. The van der Waals surface area contributed by atoms with Crippen molar-refractivity contribution in [3.63, 3.8) is 0 Å². The lowest BCUT2D eigenvalue weighted by molar-refractivity contribution is -0.156. The Morgan fingerprint density at radius 3 is 2.86 bits per heavy atom. The van der Waals surface area contributed by atoms with E-state index in [0.29, 0.717) is 11.1 Å². The molecule has 1 amide bonds. The van der Waals surface area contributed by atoms with Crippen LogP contribution in [0.4, 0.5) is 0 Å². The van der Waals surface area contributed by atoms with Gasteiger partial charge in [-0.1, -0.05) is 30.2 Å². The number of terminal acetylenes is 1. The molecule has 0 saturated heterocycles. The zero-order valence-electron chi connectivity index (χ0n) is 12.0. The number of carbonyl (C=O) groups excluding carboxylic acids is 2. The third kappa shape index (κ3) is 2.11. The second-order valence-electron chi connectivity index (χ2n) is 4.71. The van der Waals surface area contributed by atoms with E-state index in [9.17, 15) is 9.59 Å². The highest BCUT2D eigenvalue weighted by molar-refractivity contribution is 6.06. The summed E-state index contributed by atoms with van der Waals surface area (Å²) < 4.78 is 5.21. The maximum absolute atomic E-state index is 12.6. The highest BCUT2D eigenvalue weighted by Gasteiger charge is 2.54. The minimum atomic E-state index is -1.21. The van der Waals surface area contributed by atoms with E-state index in [1.54, 1.807) is 37.3 Å². The molecule has 21 heavy (non-hydrogen) atoms. The Morgan fingerprint density at radius 1 is 1.52 bits per heavy atom. The lowest BCUT2D eigenvalue weighted by Gasteiger charge is -2.35. The van der Waals surface area contributed by atoms with Crippen molar-refractivity contribution in [1.82, 2.24) is 4.90 Å². The average Bonchev–Trinajstić information content (AvgIpc) is 2.72. The molecule has 2 rings (SSSR count). The Labute approximate surface area is 124 Å². The van der Waals surface area contributed by atoms with Crippen molar-refractivity contribution >= 4 is 11.9 Å². The van der Waals surface area contributed by atoms with Crippen molar-refractivity contribution < 1.29 is 14.3 Å². The van der Waals surface area contributed by atoms with Crippen LogP contribution < -0.4 is 0 Å². The van der Waals surface area contributed by atoms with E-state index < -0.39 is 11.5 Å². The zero-order chi connectivity index (χ0) is 15.5. The van der Waals surface area contributed by atoms with Crippen molar-refractivity contribution in [2.45, 2.75) is 18.9 Å². The van der Waals surface area contributed by atoms with E-state index >= 15 is 0 Å². The first-order valence-electron chi connectivity index (χ1n) is 6.76. The van der Waals surface area contributed by atoms with E-state index in [-0.39, 0.29) is 25.5 Å². The van der Waals surface area contributed by atoms with E-state index in [2.05, 4.69) is 12.5 Å². The van der Waals surface area contributed by atoms with Gasteiger partial charge in [0, 0.05) is 17.5 Å². The van der Waals surface area contributed by atoms with Crippen LogP contribution in [-0.2, 0) is 15.1 Å². The van der Waals surface area contributed by atoms with Crippen LogP contribution >= 0.6 is 0 Å². The van der Waals surface area contributed by atoms with Crippen LogP contribution in [0.1, 0.15) is 29.3 Å². The smallest absolute Gasteiger partial charge is 0.337 e. The second kappa shape index (κ2) is 5.84. The van der Waals surface area contributed by atoms with Crippen molar-refractivity contribution in [2.75, 3.05) is 13.2 Å². The molecular formula is C17H17NO3. The van der Waals surface area contributed by atoms with Crippen molar-refractivity contribution in [2.24, 2.45) is 0 Å². The van der Waals surface area contributed by atoms with E-state index in [4.69, 9.17) is 11.2 Å². The van der Waals surface area contributed by atoms with Gasteiger partial charge in [0.2, 0.25) is 0 Å². The third-order valence-electron chi connectivity index (χ3n) is 3.61. The molecule has 4 nitrogen and oxygen atoms in total. The summed E-state index contributed by atoms with van der Waals surface area (Å²) in [5.41, 5.74) is -0.0936. The first kappa shape index (κ1) is 14.9. The molecule has 1 aromatic rings. The van der Waals surface area contributed by atoms with Gasteiger partial charge in [0.25, 0.3) is 5.91 Å². The van der Waals surface area contributed by atoms with Crippen LogP contribution in [0, 0.1) is 12.3 Å². The van der Waals surface area contributed by atoms with Crippen LogP contribution in [0.3, 0.4) is 0 Å². The molecule has 1 unspecified atom stereocenters. The Kier molecular flexibility index (Phi) is 4.13. The summed E-state index contributed by atoms with van der Waals surface area (Å²) in [6.45, 7) is 5.71. The van der Waals surface area contributed by atoms with Crippen LogP contribution in [0.25, 0.3) is 0 Å². The molecular weight excluding hydrogens is 266 g/mol. The fraction of sp³-hybridized carbons (Fsp3) is 0.294. The normalized spacial score (nSPS) is 19.8. The van der Waals surface area contributed by atoms with Crippen LogP contribution in [0.5, 0.6) is 0 Å². The Morgan fingerprint density at radius 2 is 2.24 bits per heavy atom. The molecule has 108 valence electrons. The lowest BCUT2D eigenvalue weighted by atomic mass is 9.86. The maximum Gasteiger partial charge on any atom is 0.337 e. The van der Waals surface area contributed by atoms with Gasteiger partial charge in [0.15, 0.2) is 5.54 Å². The lowest BCUT2D eigenvalue weighted by Crippen LogP contribution is -2.50. The number of hydrogen-bond acceptors (Lipinski definition) is 3. The first-order chi connectivity index (χ1) is 10.1. The molecule has 0 aliphatic carbocycles. The number of amides is 1. The van der Waals surface area contributed by atoms with Gasteiger partial charge in [-0.05, 0) is 13.0 Å². The van der Waals surface area contributed by atoms with Crippen molar-refractivity contribution in [3.05, 3.63) is 48.0 Å². The molecule has 0 spiro atoms. The van der Waals surface area contributed by atoms with Crippen LogP contribution in [-0.4, -0.2) is 29.9 Å². The van der Waals surface area contributed by atoms with Gasteiger partial charge in [0.05, 0.1) is 13.2 Å². The summed E-state index contributed by atoms with van der Waals surface area (Å²) in [6, 6.07) is 7.03. The van der Waals surface area contributed by atoms with Gasteiger partial charge < -0.3 is 9.64 Å². The zero-order valence-corrected chi connectivity index (χ0v) is 12.0. The minimum absolute atomic E-state index is 0.0418. The standard InChI is InChI=1S/C17H17NO3/c1-4-11-17(16(20)21-6-3)14-10-8-7-9-13(14)15(19)18(17)12-5-2/h2,4,7-10H,1,6,11-12H2,3H3. The summed E-state index contributed by atoms with van der Waals surface area (Å²) >= 11 is 0. The Hall–Kier alpha value is -2.54. The summed E-state index contributed by atoms with van der Waals surface area (Å²) in [6.07, 6.45) is 7.24. The largest absolute Gasteiger partial charge is 0.464 e. The van der Waals surface area contributed by atoms with Gasteiger partial charge in [-0.2, -0.15) is 0 Å². The number of fused-ring (bicyclic) bond motifs is 1. The highest BCUT2D eigenvalue weighted by atomic mass is 16.5. The minimum Gasteiger partial charge on any atom is -0.464 e. The molecule has 0 fully saturated rings. The molecule has 0 N–H and O–H groups in total. The highest BCUT2D eigenvalue weighted by Crippen LogP contribution is 2.42. The van der Waals surface area contributed by atoms with E-state index in [0.717, 1.165) is 0 Å². The fourth-order valence-electron chi connectivity index (χ4n) is 2.78. The molecule has 1 aliphatic rings. The molecule has 1 aromatic carbocycles. The number of ether oxygens (including phenoxy) is 1. The second-order valence-corrected chi connectivity index (χ2v) is 4.71. The number of benzene rings is 1. The predicted molar refractivity (Wildman–Crippen MR) is 79.4 cm³/mol. The van der Waals surface area contributed by atoms with Gasteiger partial charge >= 0.3 is 5.97 Å². The SMILES string of the molecule is C#CCN1C(=O)c2ccccc2C1(CC=C)C(=O)OCC. The van der Waals surface area contributed by atoms with E-state index in [1.165, 1.54) is 4.90 Å². The third-order valence-corrected chi connectivity index (χ3v) is 3.61. The Bertz CT molecular complexity index is 629. The molecule has 0 saturated carbocycles. The molecule has 1 heterocycles. The molecule has 4 heteroatoms. The molecule has 0 aromatic heterocycles. The molecule has 0 radical (unpaired) electrons. The van der Waals surface area contributed by atoms with Gasteiger partial charge in [-0.15, -0.1) is 13.0 Å². The van der Waals surface area contributed by atoms with Crippen molar-refractivity contribution in [1.29, 1.82) is 0 Å². The number of carbonyl (C=O) groups is 2. The summed E-state index contributed by atoms with van der Waals surface area (Å²) in [5.74, 6) is 1.72. The molecule has 1 aliphatic heterocycles. The number of nitrogens with zero attached hydrogens (tertiary/aromatic N) is 1. The van der Waals surface area contributed by atoms with Crippen molar-refractivity contribution in [3.8, 4) is 12.3 Å². The number of hydrogen-bond donors (Lipinski definition) is 0. The fourth-order valence-corrected chi connectivity index (χ4v) is 2.78. The van der Waals surface area contributed by atoms with E-state index in [1.807, 2.05) is 0 Å². The summed E-state index contributed by atoms with van der Waals surface area (Å²) in [4.78, 5) is 26.6. The summed E-state index contributed by atoms with van der Waals surface area (Å²) in [7, 11) is 0. The monoisotopic (exact) mass is 283 g/mol. The quantitative estimate of drug-likeness (QED) is 0.472. The Balaban J connectivity index is 2.67. The van der Waals surface area contributed by atoms with Crippen LogP contribution in [0.15, 0.2) is 36.9 Å². The van der Waals surface area contributed by atoms with Gasteiger partial charge in [0.1, 0.15) is 0 Å². The maximum atomic E-state index is 12.6. The predicted octanol–water partition coefficient (Wildman–Crippen LogP) is 2.11. The van der Waals surface area contributed by atoms with Gasteiger partial charge in [-0.25, -0.2) is 4.79 Å². The molecule has 1 atom stereocenters.